The van der Waals surface area contributed by atoms with Crippen molar-refractivity contribution in [3.63, 3.8) is 0 Å². The van der Waals surface area contributed by atoms with Crippen LogP contribution in [0, 0.1) is 34.0 Å². The number of pyridine rings is 1. The maximum atomic E-state index is 11.3. The predicted octanol–water partition coefficient (Wildman–Crippen LogP) is 5.87. The average Bonchev–Trinajstić information content (AvgIpc) is 3.33. The number of ether oxygens (including phenoxy) is 3. The van der Waals surface area contributed by atoms with Crippen LogP contribution in [0.5, 0.6) is 5.75 Å². The summed E-state index contributed by atoms with van der Waals surface area (Å²) in [4.78, 5) is 15.2. The molecule has 1 spiro atoms. The van der Waals surface area contributed by atoms with Crippen LogP contribution >= 0.6 is 0 Å². The molecular formula is C29H39NO5. The number of hydrogen-bond donors (Lipinski definition) is 1. The summed E-state index contributed by atoms with van der Waals surface area (Å²) in [5.74, 6) is 1.05. The monoisotopic (exact) mass is 481 g/mol. The molecule has 190 valence electrons. The van der Waals surface area contributed by atoms with E-state index in [4.69, 9.17) is 14.2 Å². The molecule has 6 rings (SSSR count). The zero-order chi connectivity index (χ0) is 24.4. The Morgan fingerprint density at radius 2 is 2.06 bits per heavy atom. The van der Waals surface area contributed by atoms with Gasteiger partial charge in [0.25, 0.3) is 0 Å². The van der Waals surface area contributed by atoms with Crippen molar-refractivity contribution >= 4 is 5.97 Å². The topological polar surface area (TPSA) is 77.9 Å². The molecule has 1 N–H and O–H groups in total. The van der Waals surface area contributed by atoms with Gasteiger partial charge in [-0.25, -0.2) is 9.78 Å². The van der Waals surface area contributed by atoms with Crippen molar-refractivity contribution in [2.45, 2.75) is 84.0 Å². The molecule has 7 atom stereocenters. The largest absolute Gasteiger partial charge is 0.493 e. The second-order valence-electron chi connectivity index (χ2n) is 12.4. The second-order valence-corrected chi connectivity index (χ2v) is 12.4. The van der Waals surface area contributed by atoms with E-state index in [1.807, 2.05) is 0 Å². The number of carboxylic acids is 1. The number of carboxylic acid groups (broad SMARTS) is 1. The molecule has 1 aromatic rings. The molecule has 0 bridgehead atoms. The van der Waals surface area contributed by atoms with Gasteiger partial charge in [0.15, 0.2) is 12.0 Å². The van der Waals surface area contributed by atoms with Gasteiger partial charge < -0.3 is 19.3 Å². The zero-order valence-corrected chi connectivity index (χ0v) is 21.1. The summed E-state index contributed by atoms with van der Waals surface area (Å²) in [5, 5.41) is 9.24. The van der Waals surface area contributed by atoms with Crippen molar-refractivity contribution in [1.82, 2.24) is 4.98 Å². The van der Waals surface area contributed by atoms with E-state index in [2.05, 4.69) is 25.4 Å². The van der Waals surface area contributed by atoms with E-state index in [-0.39, 0.29) is 34.3 Å². The summed E-state index contributed by atoms with van der Waals surface area (Å²) >= 11 is 0. The molecule has 4 saturated carbocycles. The highest BCUT2D eigenvalue weighted by Gasteiger charge is 2.73. The molecule has 2 heterocycles. The number of rotatable bonds is 5. The van der Waals surface area contributed by atoms with E-state index in [1.165, 1.54) is 43.5 Å². The third-order valence-electron chi connectivity index (χ3n) is 10.8. The zero-order valence-electron chi connectivity index (χ0n) is 21.1. The maximum absolute atomic E-state index is 11.3. The Labute approximate surface area is 208 Å². The fourth-order valence-corrected chi connectivity index (χ4v) is 8.85. The highest BCUT2D eigenvalue weighted by Crippen LogP contribution is 2.77. The van der Waals surface area contributed by atoms with Gasteiger partial charge in [0, 0.05) is 34.9 Å². The molecule has 1 saturated heterocycles. The van der Waals surface area contributed by atoms with Crippen molar-refractivity contribution in [3.05, 3.63) is 36.2 Å². The van der Waals surface area contributed by atoms with Crippen LogP contribution < -0.4 is 4.74 Å². The first-order valence-corrected chi connectivity index (χ1v) is 13.6. The van der Waals surface area contributed by atoms with Crippen molar-refractivity contribution in [3.8, 4) is 5.75 Å². The Kier molecular flexibility index (Phi) is 5.57. The van der Waals surface area contributed by atoms with Gasteiger partial charge in [-0.05, 0) is 62.3 Å². The molecular weight excluding hydrogens is 442 g/mol. The van der Waals surface area contributed by atoms with Crippen LogP contribution in [0.4, 0.5) is 0 Å². The summed E-state index contributed by atoms with van der Waals surface area (Å²) in [5.41, 5.74) is 1.68. The number of fused-ring (bicyclic) bond motifs is 4. The molecule has 1 aliphatic heterocycles. The fourth-order valence-electron chi connectivity index (χ4n) is 8.85. The summed E-state index contributed by atoms with van der Waals surface area (Å²) < 4.78 is 19.3. The lowest BCUT2D eigenvalue weighted by Gasteiger charge is -2.63. The lowest BCUT2D eigenvalue weighted by atomic mass is 9.44. The van der Waals surface area contributed by atoms with E-state index in [1.54, 1.807) is 6.07 Å². The van der Waals surface area contributed by atoms with Crippen molar-refractivity contribution in [2.75, 3.05) is 13.2 Å². The highest BCUT2D eigenvalue weighted by atomic mass is 16.7. The van der Waals surface area contributed by atoms with Gasteiger partial charge in [0.2, 0.25) is 0 Å². The van der Waals surface area contributed by atoms with E-state index < -0.39 is 5.97 Å². The van der Waals surface area contributed by atoms with Gasteiger partial charge in [-0.15, -0.1) is 0 Å². The first-order valence-electron chi connectivity index (χ1n) is 13.6. The Hall–Kier alpha value is -1.92. The van der Waals surface area contributed by atoms with E-state index in [0.717, 1.165) is 38.7 Å². The molecule has 4 aliphatic carbocycles. The van der Waals surface area contributed by atoms with Crippen molar-refractivity contribution in [1.29, 1.82) is 0 Å². The summed E-state index contributed by atoms with van der Waals surface area (Å²) in [6, 6.07) is 3.26. The molecule has 0 radical (unpaired) electrons. The normalized spacial score (nSPS) is 43.0. The standard InChI is InChI=1S/C29H39NO5/c1-18-8-9-23-27(2)17-34-26(19-6-4-5-7-19)35-24(27)10-12-28(23,3)29(18)15-20(29)16-33-21-11-13-30-22(14-21)25(31)32/h11,13-14,19-20,23-24,26H,1,4-10,12,15-17H2,2-3H3,(H,31,32)/t20?,23?,24-,26-,27+,28-,29?/m1/s1. The van der Waals surface area contributed by atoms with Crippen molar-refractivity contribution in [2.24, 2.45) is 34.0 Å². The van der Waals surface area contributed by atoms with Crippen LogP contribution in [0.1, 0.15) is 82.1 Å². The molecule has 5 aliphatic rings. The van der Waals surface area contributed by atoms with Gasteiger partial charge in [-0.3, -0.25) is 0 Å². The van der Waals surface area contributed by atoms with Gasteiger partial charge in [-0.2, -0.15) is 0 Å². The molecule has 35 heavy (non-hydrogen) atoms. The Bertz CT molecular complexity index is 1020. The molecule has 0 amide bonds. The summed E-state index contributed by atoms with van der Waals surface area (Å²) in [6.07, 6.45) is 12.4. The Morgan fingerprint density at radius 1 is 1.26 bits per heavy atom. The first-order chi connectivity index (χ1) is 16.8. The number of hydrogen-bond acceptors (Lipinski definition) is 5. The highest BCUT2D eigenvalue weighted by molar-refractivity contribution is 5.85. The fraction of sp³-hybridized carbons (Fsp3) is 0.724. The van der Waals surface area contributed by atoms with Crippen LogP contribution in [0.2, 0.25) is 0 Å². The first kappa shape index (κ1) is 23.5. The van der Waals surface area contributed by atoms with Crippen LogP contribution in [0.3, 0.4) is 0 Å². The van der Waals surface area contributed by atoms with E-state index in [0.29, 0.717) is 30.1 Å². The minimum atomic E-state index is -1.04. The molecule has 1 aromatic heterocycles. The molecule has 0 aromatic carbocycles. The Morgan fingerprint density at radius 3 is 2.83 bits per heavy atom. The summed E-state index contributed by atoms with van der Waals surface area (Å²) in [7, 11) is 0. The van der Waals surface area contributed by atoms with Crippen molar-refractivity contribution < 1.29 is 24.1 Å². The molecule has 6 heteroatoms. The third kappa shape index (κ3) is 3.50. The van der Waals surface area contributed by atoms with Crippen LogP contribution in [-0.4, -0.2) is 41.7 Å². The number of allylic oxidation sites excluding steroid dienone is 1. The van der Waals surface area contributed by atoms with Gasteiger partial charge in [-0.1, -0.05) is 38.8 Å². The number of carbonyl (C=O) groups is 1. The lowest BCUT2D eigenvalue weighted by Crippen LogP contribution is -2.62. The smallest absolute Gasteiger partial charge is 0.354 e. The van der Waals surface area contributed by atoms with Crippen LogP contribution in [0.15, 0.2) is 30.5 Å². The SMILES string of the molecule is C=C1CCC2[C@]3(C)CO[C@@H](C4CCCC4)O[C@@H]3CC[C@@]2(C)C12CC2COc1ccnc(C(=O)O)c1. The number of aromatic carboxylic acids is 1. The lowest BCUT2D eigenvalue weighted by molar-refractivity contribution is -0.317. The maximum Gasteiger partial charge on any atom is 0.354 e. The quantitative estimate of drug-likeness (QED) is 0.530. The second kappa shape index (κ2) is 8.31. The van der Waals surface area contributed by atoms with Gasteiger partial charge >= 0.3 is 5.97 Å². The minimum Gasteiger partial charge on any atom is -0.493 e. The Balaban J connectivity index is 1.19. The van der Waals surface area contributed by atoms with Crippen LogP contribution in [-0.2, 0) is 9.47 Å². The average molecular weight is 482 g/mol. The third-order valence-corrected chi connectivity index (χ3v) is 10.8. The van der Waals surface area contributed by atoms with Gasteiger partial charge in [0.05, 0.1) is 19.3 Å². The van der Waals surface area contributed by atoms with Gasteiger partial charge in [0.1, 0.15) is 5.75 Å². The summed E-state index contributed by atoms with van der Waals surface area (Å²) in [6.45, 7) is 10.9. The predicted molar refractivity (Wildman–Crippen MR) is 131 cm³/mol. The minimum absolute atomic E-state index is 0.00873. The molecule has 6 nitrogen and oxygen atoms in total. The molecule has 3 unspecified atom stereocenters. The van der Waals surface area contributed by atoms with Crippen LogP contribution in [0.25, 0.3) is 0 Å². The number of aromatic nitrogens is 1. The number of nitrogens with zero attached hydrogens (tertiary/aromatic N) is 1. The van der Waals surface area contributed by atoms with E-state index in [9.17, 15) is 9.90 Å². The van der Waals surface area contributed by atoms with E-state index >= 15 is 0 Å². The molecule has 5 fully saturated rings.